The standard InChI is InChI=1S/C20H18N2O7S2/c1-3-28-17-11-12(10-15-18(23)21-20(30)22-19(15)24)4-9-16(17)29-31(25,26)14-7-5-13(27-2)6-8-14/h4-11H,3H2,1-2H3,(H2,21,22,23,24,30). The van der Waals surface area contributed by atoms with Crippen molar-refractivity contribution in [2.45, 2.75) is 11.8 Å². The van der Waals surface area contributed by atoms with E-state index < -0.39 is 21.9 Å². The lowest BCUT2D eigenvalue weighted by Crippen LogP contribution is -2.51. The summed E-state index contributed by atoms with van der Waals surface area (Å²) in [5.41, 5.74) is 0.265. The largest absolute Gasteiger partial charge is 0.497 e. The SMILES string of the molecule is CCOc1cc(C=C2C(=O)NC(=S)NC2=O)ccc1OS(=O)(=O)c1ccc(OC)cc1. The molecular weight excluding hydrogens is 444 g/mol. The molecule has 1 fully saturated rings. The Kier molecular flexibility index (Phi) is 6.56. The summed E-state index contributed by atoms with van der Waals surface area (Å²) in [6.45, 7) is 1.95. The molecule has 3 rings (SSSR count). The average molecular weight is 463 g/mol. The van der Waals surface area contributed by atoms with Crippen molar-refractivity contribution in [2.75, 3.05) is 13.7 Å². The number of benzene rings is 2. The van der Waals surface area contributed by atoms with Crippen LogP contribution in [0.5, 0.6) is 17.2 Å². The van der Waals surface area contributed by atoms with E-state index in [0.717, 1.165) is 0 Å². The number of amides is 2. The lowest BCUT2D eigenvalue weighted by atomic mass is 10.1. The van der Waals surface area contributed by atoms with E-state index in [9.17, 15) is 18.0 Å². The molecule has 2 aromatic carbocycles. The zero-order valence-corrected chi connectivity index (χ0v) is 18.1. The topological polar surface area (TPSA) is 120 Å². The molecular formula is C20H18N2O7S2. The van der Waals surface area contributed by atoms with Crippen molar-refractivity contribution in [3.8, 4) is 17.2 Å². The van der Waals surface area contributed by atoms with E-state index in [1.165, 1.54) is 55.7 Å². The van der Waals surface area contributed by atoms with Gasteiger partial charge in [-0.1, -0.05) is 6.07 Å². The highest BCUT2D eigenvalue weighted by atomic mass is 32.2. The van der Waals surface area contributed by atoms with Crippen LogP contribution in [0.3, 0.4) is 0 Å². The molecule has 1 heterocycles. The number of methoxy groups -OCH3 is 1. The molecule has 9 nitrogen and oxygen atoms in total. The molecule has 0 aliphatic carbocycles. The predicted octanol–water partition coefficient (Wildman–Crippen LogP) is 1.78. The first-order valence-corrected chi connectivity index (χ1v) is 10.8. The molecule has 0 radical (unpaired) electrons. The van der Waals surface area contributed by atoms with Gasteiger partial charge in [0, 0.05) is 0 Å². The number of carbonyl (C=O) groups is 2. The lowest BCUT2D eigenvalue weighted by Gasteiger charge is -2.17. The Morgan fingerprint density at radius 1 is 1.00 bits per heavy atom. The number of carbonyl (C=O) groups excluding carboxylic acids is 2. The molecule has 0 saturated carbocycles. The summed E-state index contributed by atoms with van der Waals surface area (Å²) >= 11 is 4.76. The van der Waals surface area contributed by atoms with E-state index in [4.69, 9.17) is 25.9 Å². The van der Waals surface area contributed by atoms with Crippen molar-refractivity contribution >= 4 is 45.3 Å². The first-order valence-electron chi connectivity index (χ1n) is 8.97. The van der Waals surface area contributed by atoms with Crippen molar-refractivity contribution in [3.63, 3.8) is 0 Å². The Morgan fingerprint density at radius 2 is 1.65 bits per heavy atom. The van der Waals surface area contributed by atoms with Gasteiger partial charge < -0.3 is 13.7 Å². The van der Waals surface area contributed by atoms with Crippen LogP contribution in [0.4, 0.5) is 0 Å². The third kappa shape index (κ3) is 5.19. The number of nitrogens with one attached hydrogen (secondary N) is 2. The summed E-state index contributed by atoms with van der Waals surface area (Å²) in [5.74, 6) is -0.703. The second kappa shape index (κ2) is 9.14. The van der Waals surface area contributed by atoms with Gasteiger partial charge in [0.25, 0.3) is 11.8 Å². The van der Waals surface area contributed by atoms with Crippen LogP contribution in [0.1, 0.15) is 12.5 Å². The second-order valence-electron chi connectivity index (χ2n) is 6.15. The number of thiocarbonyl (C=S) groups is 1. The Morgan fingerprint density at radius 3 is 2.23 bits per heavy atom. The molecule has 1 aliphatic rings. The molecule has 0 unspecified atom stereocenters. The maximum Gasteiger partial charge on any atom is 0.339 e. The molecule has 11 heteroatoms. The van der Waals surface area contributed by atoms with Crippen LogP contribution >= 0.6 is 12.2 Å². The van der Waals surface area contributed by atoms with Crippen LogP contribution in [0.15, 0.2) is 52.9 Å². The lowest BCUT2D eigenvalue weighted by molar-refractivity contribution is -0.123. The van der Waals surface area contributed by atoms with Crippen molar-refractivity contribution in [1.82, 2.24) is 10.6 Å². The summed E-state index contributed by atoms with van der Waals surface area (Å²) in [6, 6.07) is 10.0. The van der Waals surface area contributed by atoms with E-state index in [0.29, 0.717) is 11.3 Å². The highest BCUT2D eigenvalue weighted by molar-refractivity contribution is 7.87. The first kappa shape index (κ1) is 22.2. The molecule has 0 aromatic heterocycles. The maximum atomic E-state index is 12.6. The molecule has 2 amide bonds. The van der Waals surface area contributed by atoms with Crippen LogP contribution in [-0.4, -0.2) is 39.1 Å². The Hall–Kier alpha value is -3.44. The van der Waals surface area contributed by atoms with Crippen LogP contribution in [0.25, 0.3) is 6.08 Å². The zero-order valence-electron chi connectivity index (χ0n) is 16.5. The van der Waals surface area contributed by atoms with Crippen molar-refractivity contribution in [3.05, 3.63) is 53.6 Å². The third-order valence-electron chi connectivity index (χ3n) is 4.07. The number of hydrogen-bond acceptors (Lipinski definition) is 8. The summed E-state index contributed by atoms with van der Waals surface area (Å²) in [4.78, 5) is 24.0. The summed E-state index contributed by atoms with van der Waals surface area (Å²) in [7, 11) is -2.66. The molecule has 1 aliphatic heterocycles. The van der Waals surface area contributed by atoms with Gasteiger partial charge in [0.1, 0.15) is 16.2 Å². The van der Waals surface area contributed by atoms with Crippen LogP contribution in [-0.2, 0) is 19.7 Å². The number of ether oxygens (including phenoxy) is 2. The summed E-state index contributed by atoms with van der Waals surface area (Å²) in [5, 5.41) is 4.60. The fraction of sp³-hybridized carbons (Fsp3) is 0.150. The minimum atomic E-state index is -4.14. The molecule has 1 saturated heterocycles. The molecule has 2 N–H and O–H groups in total. The van der Waals surface area contributed by atoms with Crippen LogP contribution in [0, 0.1) is 0 Å². The van der Waals surface area contributed by atoms with Gasteiger partial charge in [-0.25, -0.2) is 0 Å². The predicted molar refractivity (Wildman–Crippen MR) is 115 cm³/mol. The van der Waals surface area contributed by atoms with Crippen molar-refractivity contribution in [1.29, 1.82) is 0 Å². The minimum Gasteiger partial charge on any atom is -0.497 e. The van der Waals surface area contributed by atoms with Gasteiger partial charge in [-0.15, -0.1) is 0 Å². The maximum absolute atomic E-state index is 12.6. The average Bonchev–Trinajstić information content (AvgIpc) is 2.72. The fourth-order valence-corrected chi connectivity index (χ4v) is 3.76. The molecule has 0 bridgehead atoms. The summed E-state index contributed by atoms with van der Waals surface area (Å²) in [6.07, 6.45) is 1.33. The quantitative estimate of drug-likeness (QED) is 0.277. The second-order valence-corrected chi connectivity index (χ2v) is 8.10. The van der Waals surface area contributed by atoms with Gasteiger partial charge in [0.15, 0.2) is 16.6 Å². The Balaban J connectivity index is 1.91. The van der Waals surface area contributed by atoms with E-state index in [1.807, 2.05) is 0 Å². The monoisotopic (exact) mass is 462 g/mol. The Bertz CT molecular complexity index is 1150. The zero-order chi connectivity index (χ0) is 22.6. The minimum absolute atomic E-state index is 0.0430. The van der Waals surface area contributed by atoms with E-state index >= 15 is 0 Å². The van der Waals surface area contributed by atoms with E-state index in [-0.39, 0.29) is 33.7 Å². The van der Waals surface area contributed by atoms with Gasteiger partial charge in [-0.3, -0.25) is 20.2 Å². The van der Waals surface area contributed by atoms with E-state index in [2.05, 4.69) is 10.6 Å². The molecule has 162 valence electrons. The summed E-state index contributed by atoms with van der Waals surface area (Å²) < 4.78 is 41.0. The van der Waals surface area contributed by atoms with Gasteiger partial charge in [-0.2, -0.15) is 8.42 Å². The first-order chi connectivity index (χ1) is 14.7. The third-order valence-corrected chi connectivity index (χ3v) is 5.52. The van der Waals surface area contributed by atoms with Crippen LogP contribution in [0.2, 0.25) is 0 Å². The van der Waals surface area contributed by atoms with Gasteiger partial charge in [-0.05, 0) is 67.2 Å². The number of rotatable bonds is 7. The molecule has 0 spiro atoms. The number of hydrogen-bond donors (Lipinski definition) is 2. The van der Waals surface area contributed by atoms with Gasteiger partial charge >= 0.3 is 10.1 Å². The molecule has 0 atom stereocenters. The van der Waals surface area contributed by atoms with Gasteiger partial charge in [0.2, 0.25) is 0 Å². The Labute approximate surface area is 184 Å². The van der Waals surface area contributed by atoms with Crippen molar-refractivity contribution < 1.29 is 31.7 Å². The normalized spacial score (nSPS) is 13.9. The van der Waals surface area contributed by atoms with Crippen molar-refractivity contribution in [2.24, 2.45) is 0 Å². The van der Waals surface area contributed by atoms with Gasteiger partial charge in [0.05, 0.1) is 13.7 Å². The highest BCUT2D eigenvalue weighted by Gasteiger charge is 2.26. The molecule has 31 heavy (non-hydrogen) atoms. The molecule has 2 aromatic rings. The smallest absolute Gasteiger partial charge is 0.339 e. The highest BCUT2D eigenvalue weighted by Crippen LogP contribution is 2.32. The van der Waals surface area contributed by atoms with E-state index in [1.54, 1.807) is 6.92 Å². The van der Waals surface area contributed by atoms with Crippen LogP contribution < -0.4 is 24.3 Å². The fourth-order valence-electron chi connectivity index (χ4n) is 2.63.